The van der Waals surface area contributed by atoms with Crippen LogP contribution in [0.3, 0.4) is 0 Å². The number of nitrogens with zero attached hydrogens (tertiary/aromatic N) is 2. The Hall–Kier alpha value is -1.42. The fourth-order valence-electron chi connectivity index (χ4n) is 7.15. The molecule has 2 aromatic heterocycles. The lowest BCUT2D eigenvalue weighted by atomic mass is 9.51. The zero-order valence-electron chi connectivity index (χ0n) is 15.7. The summed E-state index contributed by atoms with van der Waals surface area (Å²) in [5.41, 5.74) is 3.74. The topological polar surface area (TPSA) is 53.6 Å². The standard InChI is InChI=1S/C22H30N4/c1-12-6-15(2-4-23-12)22-25-18-3-5-24-20(18)21(26-22)19-16-8-13-7-14(10-16)11-17(19)9-13/h3,5,12-17,19,23-24H,2,4,6-11H2,1H3. The van der Waals surface area contributed by atoms with Gasteiger partial charge in [-0.15, -0.1) is 0 Å². The Bertz CT molecular complexity index is 797. The highest BCUT2D eigenvalue weighted by atomic mass is 15.0. The first-order chi connectivity index (χ1) is 12.7. The van der Waals surface area contributed by atoms with Crippen LogP contribution in [-0.4, -0.2) is 27.5 Å². The Balaban J connectivity index is 1.43. The molecule has 5 fully saturated rings. The minimum Gasteiger partial charge on any atom is -0.358 e. The van der Waals surface area contributed by atoms with Crippen LogP contribution in [-0.2, 0) is 0 Å². The molecular weight excluding hydrogens is 320 g/mol. The van der Waals surface area contributed by atoms with Crippen molar-refractivity contribution in [2.24, 2.45) is 23.7 Å². The number of hydrogen-bond acceptors (Lipinski definition) is 3. The van der Waals surface area contributed by atoms with Crippen molar-refractivity contribution in [1.82, 2.24) is 20.3 Å². The molecule has 4 bridgehead atoms. The second-order valence-electron chi connectivity index (χ2n) is 9.74. The lowest BCUT2D eigenvalue weighted by Gasteiger charge is -2.54. The molecule has 0 radical (unpaired) electrons. The molecule has 1 aliphatic heterocycles. The summed E-state index contributed by atoms with van der Waals surface area (Å²) in [4.78, 5) is 13.8. The summed E-state index contributed by atoms with van der Waals surface area (Å²) in [6, 6.07) is 2.73. The van der Waals surface area contributed by atoms with Gasteiger partial charge in [-0.1, -0.05) is 0 Å². The van der Waals surface area contributed by atoms with Gasteiger partial charge in [0, 0.05) is 24.1 Å². The Kier molecular flexibility index (Phi) is 3.48. The van der Waals surface area contributed by atoms with Crippen LogP contribution in [0.5, 0.6) is 0 Å². The van der Waals surface area contributed by atoms with Crippen molar-refractivity contribution in [2.75, 3.05) is 6.54 Å². The van der Waals surface area contributed by atoms with E-state index in [2.05, 4.69) is 29.5 Å². The first kappa shape index (κ1) is 15.6. The zero-order chi connectivity index (χ0) is 17.3. The van der Waals surface area contributed by atoms with Crippen molar-refractivity contribution >= 4 is 11.0 Å². The highest BCUT2D eigenvalue weighted by Crippen LogP contribution is 2.60. The summed E-state index contributed by atoms with van der Waals surface area (Å²) in [6.45, 7) is 3.38. The van der Waals surface area contributed by atoms with Crippen LogP contribution >= 0.6 is 0 Å². The molecule has 4 saturated carbocycles. The van der Waals surface area contributed by atoms with Gasteiger partial charge < -0.3 is 10.3 Å². The highest BCUT2D eigenvalue weighted by Gasteiger charge is 2.49. The van der Waals surface area contributed by atoms with E-state index in [9.17, 15) is 0 Å². The lowest BCUT2D eigenvalue weighted by molar-refractivity contribution is -0.00381. The van der Waals surface area contributed by atoms with Gasteiger partial charge >= 0.3 is 0 Å². The number of piperidine rings is 1. The predicted octanol–water partition coefficient (Wildman–Crippen LogP) is 4.35. The molecule has 7 rings (SSSR count). The normalized spacial score (nSPS) is 41.8. The third-order valence-electron chi connectivity index (χ3n) is 7.98. The van der Waals surface area contributed by atoms with Crippen molar-refractivity contribution in [1.29, 1.82) is 0 Å². The van der Waals surface area contributed by atoms with Crippen LogP contribution in [0.15, 0.2) is 12.3 Å². The van der Waals surface area contributed by atoms with Gasteiger partial charge in [-0.3, -0.25) is 0 Å². The minimum absolute atomic E-state index is 0.515. The summed E-state index contributed by atoms with van der Waals surface area (Å²) < 4.78 is 0. The Morgan fingerprint density at radius 3 is 2.46 bits per heavy atom. The number of rotatable bonds is 2. The second kappa shape index (κ2) is 5.79. The zero-order valence-corrected chi connectivity index (χ0v) is 15.7. The van der Waals surface area contributed by atoms with Crippen molar-refractivity contribution in [2.45, 2.75) is 69.7 Å². The van der Waals surface area contributed by atoms with Crippen LogP contribution in [0.25, 0.3) is 11.0 Å². The minimum atomic E-state index is 0.515. The number of aromatic nitrogens is 3. The number of nitrogens with one attached hydrogen (secondary N) is 2. The molecule has 4 nitrogen and oxygen atoms in total. The lowest BCUT2D eigenvalue weighted by Crippen LogP contribution is -2.44. The fraction of sp³-hybridized carbons (Fsp3) is 0.727. The van der Waals surface area contributed by atoms with Crippen molar-refractivity contribution in [3.63, 3.8) is 0 Å². The molecule has 4 heteroatoms. The Morgan fingerprint density at radius 1 is 0.962 bits per heavy atom. The van der Waals surface area contributed by atoms with Crippen molar-refractivity contribution in [3.8, 4) is 0 Å². The van der Waals surface area contributed by atoms with Crippen molar-refractivity contribution < 1.29 is 0 Å². The molecule has 138 valence electrons. The van der Waals surface area contributed by atoms with Gasteiger partial charge in [0.15, 0.2) is 0 Å². The van der Waals surface area contributed by atoms with Crippen molar-refractivity contribution in [3.05, 3.63) is 23.8 Å². The van der Waals surface area contributed by atoms with E-state index in [1.165, 1.54) is 49.7 Å². The van der Waals surface area contributed by atoms with Gasteiger partial charge in [0.25, 0.3) is 0 Å². The average Bonchev–Trinajstić information content (AvgIpc) is 3.09. The molecule has 2 N–H and O–H groups in total. The van der Waals surface area contributed by atoms with E-state index in [-0.39, 0.29) is 0 Å². The van der Waals surface area contributed by atoms with Gasteiger partial charge in [-0.2, -0.15) is 0 Å². The van der Waals surface area contributed by atoms with Crippen LogP contribution < -0.4 is 5.32 Å². The maximum absolute atomic E-state index is 5.31. The predicted molar refractivity (Wildman–Crippen MR) is 103 cm³/mol. The largest absolute Gasteiger partial charge is 0.358 e. The Labute approximate surface area is 155 Å². The monoisotopic (exact) mass is 350 g/mol. The number of hydrogen-bond donors (Lipinski definition) is 2. The maximum atomic E-state index is 5.31. The smallest absolute Gasteiger partial charge is 0.132 e. The maximum Gasteiger partial charge on any atom is 0.132 e. The first-order valence-corrected chi connectivity index (χ1v) is 10.8. The van der Waals surface area contributed by atoms with E-state index in [4.69, 9.17) is 9.97 Å². The van der Waals surface area contributed by atoms with Gasteiger partial charge in [0.2, 0.25) is 0 Å². The molecule has 1 saturated heterocycles. The SMILES string of the molecule is CC1CC(c2nc(C3C4CC5CC(C4)CC3C5)c3[nH]ccc3n2)CCN1. The summed E-state index contributed by atoms with van der Waals surface area (Å²) in [6.07, 6.45) is 11.7. The van der Waals surface area contributed by atoms with E-state index in [1.807, 2.05) is 0 Å². The van der Waals surface area contributed by atoms with Gasteiger partial charge in [-0.05, 0) is 88.2 Å². The number of H-pyrrole nitrogens is 1. The third kappa shape index (κ3) is 2.37. The summed E-state index contributed by atoms with van der Waals surface area (Å²) in [5, 5.41) is 3.57. The van der Waals surface area contributed by atoms with Crippen LogP contribution in [0.2, 0.25) is 0 Å². The molecule has 2 aromatic rings. The van der Waals surface area contributed by atoms with Gasteiger partial charge in [-0.25, -0.2) is 9.97 Å². The molecule has 3 heterocycles. The summed E-state index contributed by atoms with van der Waals surface area (Å²) in [7, 11) is 0. The van der Waals surface area contributed by atoms with Crippen LogP contribution in [0.4, 0.5) is 0 Å². The number of fused-ring (bicyclic) bond motifs is 1. The molecule has 26 heavy (non-hydrogen) atoms. The third-order valence-corrected chi connectivity index (χ3v) is 7.98. The molecule has 0 aromatic carbocycles. The summed E-state index contributed by atoms with van der Waals surface area (Å²) >= 11 is 0. The second-order valence-corrected chi connectivity index (χ2v) is 9.74. The average molecular weight is 351 g/mol. The van der Waals surface area contributed by atoms with E-state index >= 15 is 0 Å². The van der Waals surface area contributed by atoms with E-state index in [1.54, 1.807) is 0 Å². The van der Waals surface area contributed by atoms with Gasteiger partial charge in [0.05, 0.1) is 16.7 Å². The molecule has 0 amide bonds. The fourth-order valence-corrected chi connectivity index (χ4v) is 7.15. The molecule has 5 aliphatic rings. The molecule has 0 spiro atoms. The molecular formula is C22H30N4. The van der Waals surface area contributed by atoms with Crippen LogP contribution in [0, 0.1) is 23.7 Å². The van der Waals surface area contributed by atoms with Crippen LogP contribution in [0.1, 0.15) is 75.2 Å². The van der Waals surface area contributed by atoms with E-state index in [0.717, 1.165) is 48.0 Å². The number of aromatic amines is 1. The quantitative estimate of drug-likeness (QED) is 0.846. The summed E-state index contributed by atoms with van der Waals surface area (Å²) in [5.74, 6) is 6.07. The molecule has 2 atom stereocenters. The molecule has 4 aliphatic carbocycles. The first-order valence-electron chi connectivity index (χ1n) is 10.8. The molecule has 2 unspecified atom stereocenters. The van der Waals surface area contributed by atoms with E-state index in [0.29, 0.717) is 17.9 Å². The van der Waals surface area contributed by atoms with Gasteiger partial charge in [0.1, 0.15) is 5.82 Å². The highest BCUT2D eigenvalue weighted by molar-refractivity contribution is 5.78. The Morgan fingerprint density at radius 2 is 1.73 bits per heavy atom. The van der Waals surface area contributed by atoms with E-state index < -0.39 is 0 Å².